The summed E-state index contributed by atoms with van der Waals surface area (Å²) in [6.07, 6.45) is 3.03. The van der Waals surface area contributed by atoms with Gasteiger partial charge in [0, 0.05) is 12.4 Å². The van der Waals surface area contributed by atoms with Crippen LogP contribution in [0.3, 0.4) is 0 Å². The lowest BCUT2D eigenvalue weighted by atomic mass is 10.2. The first kappa shape index (κ1) is 9.64. The zero-order valence-electron chi connectivity index (χ0n) is 7.71. The van der Waals surface area contributed by atoms with Gasteiger partial charge in [0.05, 0.1) is 6.54 Å². The molecule has 15 heavy (non-hydrogen) atoms. The maximum atomic E-state index is 12.8. The largest absolute Gasteiger partial charge is 0.325 e. The fourth-order valence-electron chi connectivity index (χ4n) is 1.31. The summed E-state index contributed by atoms with van der Waals surface area (Å²) in [6, 6.07) is 3.56. The molecule has 0 saturated heterocycles. The molecule has 0 aliphatic heterocycles. The minimum atomic E-state index is -0.906. The van der Waals surface area contributed by atoms with Crippen molar-refractivity contribution in [1.29, 1.82) is 0 Å². The van der Waals surface area contributed by atoms with E-state index >= 15 is 0 Å². The molecular formula is C10H8F2N2O. The molecule has 0 aliphatic carbocycles. The van der Waals surface area contributed by atoms with E-state index in [4.69, 9.17) is 0 Å². The molecule has 0 amide bonds. The highest BCUT2D eigenvalue weighted by Crippen LogP contribution is 2.09. The number of hydrogen-bond acceptors (Lipinski definition) is 1. The Hall–Kier alpha value is -1.91. The van der Waals surface area contributed by atoms with Crippen LogP contribution in [0.15, 0.2) is 35.4 Å². The molecule has 2 aromatic rings. The number of halogens is 2. The van der Waals surface area contributed by atoms with Gasteiger partial charge in [-0.05, 0) is 17.7 Å². The van der Waals surface area contributed by atoms with E-state index in [1.54, 1.807) is 6.20 Å². The summed E-state index contributed by atoms with van der Waals surface area (Å²) in [5, 5.41) is 0. The first-order chi connectivity index (χ1) is 7.16. The zero-order chi connectivity index (χ0) is 10.8. The third kappa shape index (κ3) is 1.96. The van der Waals surface area contributed by atoms with E-state index in [0.717, 1.165) is 12.1 Å². The van der Waals surface area contributed by atoms with E-state index in [9.17, 15) is 13.6 Å². The van der Waals surface area contributed by atoms with Gasteiger partial charge in [-0.25, -0.2) is 13.6 Å². The van der Waals surface area contributed by atoms with Crippen LogP contribution < -0.4 is 5.69 Å². The fourth-order valence-corrected chi connectivity index (χ4v) is 1.31. The summed E-state index contributed by atoms with van der Waals surface area (Å²) in [7, 11) is 0. The van der Waals surface area contributed by atoms with Crippen LogP contribution in [0.4, 0.5) is 8.78 Å². The number of aromatic nitrogens is 2. The average Bonchev–Trinajstić information content (AvgIpc) is 2.59. The van der Waals surface area contributed by atoms with E-state index in [1.165, 1.54) is 16.8 Å². The Morgan fingerprint density at radius 1 is 1.27 bits per heavy atom. The first-order valence-corrected chi connectivity index (χ1v) is 4.34. The monoisotopic (exact) mass is 210 g/mol. The molecule has 0 unspecified atom stereocenters. The second-order valence-corrected chi connectivity index (χ2v) is 3.14. The van der Waals surface area contributed by atoms with Gasteiger partial charge < -0.3 is 4.98 Å². The highest BCUT2D eigenvalue weighted by atomic mass is 19.2. The number of rotatable bonds is 2. The lowest BCUT2D eigenvalue weighted by Gasteiger charge is -2.01. The standard InChI is InChI=1S/C10H8F2N2O/c11-8-2-1-7(5-9(8)12)6-14-4-3-13-10(14)15/h1-5H,6H2,(H,13,15). The molecule has 0 aliphatic rings. The van der Waals surface area contributed by atoms with E-state index in [1.807, 2.05) is 0 Å². The van der Waals surface area contributed by atoms with Crippen molar-refractivity contribution >= 4 is 0 Å². The molecule has 0 radical (unpaired) electrons. The quantitative estimate of drug-likeness (QED) is 0.801. The van der Waals surface area contributed by atoms with Crippen LogP contribution in [0.2, 0.25) is 0 Å². The van der Waals surface area contributed by atoms with Crippen LogP contribution in [0, 0.1) is 11.6 Å². The Labute approximate surface area is 84.0 Å². The van der Waals surface area contributed by atoms with E-state index < -0.39 is 11.6 Å². The number of H-pyrrole nitrogens is 1. The topological polar surface area (TPSA) is 37.8 Å². The minimum Gasteiger partial charge on any atom is -0.313 e. The van der Waals surface area contributed by atoms with Crippen LogP contribution in [0.5, 0.6) is 0 Å². The predicted octanol–water partition coefficient (Wildman–Crippen LogP) is 1.50. The first-order valence-electron chi connectivity index (χ1n) is 4.34. The molecule has 3 nitrogen and oxygen atoms in total. The Kier molecular flexibility index (Phi) is 2.37. The predicted molar refractivity (Wildman–Crippen MR) is 50.5 cm³/mol. The molecule has 0 spiro atoms. The number of benzene rings is 1. The van der Waals surface area contributed by atoms with Crippen molar-refractivity contribution in [1.82, 2.24) is 9.55 Å². The Morgan fingerprint density at radius 2 is 2.07 bits per heavy atom. The summed E-state index contributed by atoms with van der Waals surface area (Å²) >= 11 is 0. The number of aromatic amines is 1. The smallest absolute Gasteiger partial charge is 0.313 e. The second kappa shape index (κ2) is 3.68. The van der Waals surface area contributed by atoms with E-state index in [-0.39, 0.29) is 12.2 Å². The van der Waals surface area contributed by atoms with Crippen molar-refractivity contribution in [3.8, 4) is 0 Å². The molecule has 5 heteroatoms. The second-order valence-electron chi connectivity index (χ2n) is 3.14. The lowest BCUT2D eigenvalue weighted by molar-refractivity contribution is 0.506. The molecular weight excluding hydrogens is 202 g/mol. The summed E-state index contributed by atoms with van der Waals surface area (Å²) in [5.41, 5.74) is 0.260. The summed E-state index contributed by atoms with van der Waals surface area (Å²) in [5.74, 6) is -1.80. The van der Waals surface area contributed by atoms with Crippen LogP contribution in [0.1, 0.15) is 5.56 Å². The van der Waals surface area contributed by atoms with Gasteiger partial charge in [-0.15, -0.1) is 0 Å². The fraction of sp³-hybridized carbons (Fsp3) is 0.100. The molecule has 78 valence electrons. The average molecular weight is 210 g/mol. The maximum absolute atomic E-state index is 12.8. The van der Waals surface area contributed by atoms with Crippen molar-refractivity contribution < 1.29 is 8.78 Å². The summed E-state index contributed by atoms with van der Waals surface area (Å²) < 4.78 is 26.8. The Bertz CT molecular complexity index is 530. The molecule has 1 N–H and O–H groups in total. The molecule has 0 bridgehead atoms. The Morgan fingerprint density at radius 3 is 2.67 bits per heavy atom. The number of nitrogens with one attached hydrogen (secondary N) is 1. The van der Waals surface area contributed by atoms with E-state index in [0.29, 0.717) is 5.56 Å². The van der Waals surface area contributed by atoms with Gasteiger partial charge in [0.2, 0.25) is 0 Å². The number of nitrogens with zero attached hydrogens (tertiary/aromatic N) is 1. The lowest BCUT2D eigenvalue weighted by Crippen LogP contribution is -2.16. The van der Waals surface area contributed by atoms with Crippen molar-refractivity contribution in [2.24, 2.45) is 0 Å². The highest BCUT2D eigenvalue weighted by Gasteiger charge is 2.03. The van der Waals surface area contributed by atoms with Gasteiger partial charge >= 0.3 is 5.69 Å². The molecule has 0 saturated carbocycles. The van der Waals surface area contributed by atoms with Crippen LogP contribution in [-0.2, 0) is 6.54 Å². The summed E-state index contributed by atoms with van der Waals surface area (Å²) in [6.45, 7) is 0.222. The minimum absolute atomic E-state index is 0.222. The zero-order valence-corrected chi connectivity index (χ0v) is 7.71. The van der Waals surface area contributed by atoms with Gasteiger partial charge in [-0.3, -0.25) is 4.57 Å². The number of imidazole rings is 1. The Balaban J connectivity index is 2.29. The third-order valence-corrected chi connectivity index (χ3v) is 2.06. The van der Waals surface area contributed by atoms with Gasteiger partial charge in [-0.2, -0.15) is 0 Å². The van der Waals surface area contributed by atoms with Gasteiger partial charge in [-0.1, -0.05) is 6.07 Å². The molecule has 0 fully saturated rings. The highest BCUT2D eigenvalue weighted by molar-refractivity contribution is 5.18. The van der Waals surface area contributed by atoms with Crippen molar-refractivity contribution in [3.63, 3.8) is 0 Å². The van der Waals surface area contributed by atoms with Gasteiger partial charge in [0.25, 0.3) is 0 Å². The van der Waals surface area contributed by atoms with Crippen LogP contribution >= 0.6 is 0 Å². The normalized spacial score (nSPS) is 10.5. The SMILES string of the molecule is O=c1[nH]ccn1Cc1ccc(F)c(F)c1. The van der Waals surface area contributed by atoms with Crippen molar-refractivity contribution in [2.45, 2.75) is 6.54 Å². The van der Waals surface area contributed by atoms with Crippen molar-refractivity contribution in [2.75, 3.05) is 0 Å². The van der Waals surface area contributed by atoms with Crippen molar-refractivity contribution in [3.05, 3.63) is 58.3 Å². The van der Waals surface area contributed by atoms with Gasteiger partial charge in [0.1, 0.15) is 0 Å². The van der Waals surface area contributed by atoms with Crippen LogP contribution in [0.25, 0.3) is 0 Å². The molecule has 2 rings (SSSR count). The third-order valence-electron chi connectivity index (χ3n) is 2.06. The maximum Gasteiger partial charge on any atom is 0.325 e. The molecule has 1 aromatic carbocycles. The summed E-state index contributed by atoms with van der Waals surface area (Å²) in [4.78, 5) is 13.6. The van der Waals surface area contributed by atoms with Gasteiger partial charge in [0.15, 0.2) is 11.6 Å². The molecule has 1 aromatic heterocycles. The van der Waals surface area contributed by atoms with Crippen LogP contribution in [-0.4, -0.2) is 9.55 Å². The van der Waals surface area contributed by atoms with E-state index in [2.05, 4.69) is 4.98 Å². The molecule has 0 atom stereocenters. The molecule has 1 heterocycles. The number of hydrogen-bond donors (Lipinski definition) is 1.